The van der Waals surface area contributed by atoms with Crippen LogP contribution in [-0.2, 0) is 4.79 Å². The molecule has 2 aromatic rings. The predicted octanol–water partition coefficient (Wildman–Crippen LogP) is 4.01. The fraction of sp³-hybridized carbons (Fsp3) is 0.391. The summed E-state index contributed by atoms with van der Waals surface area (Å²) in [7, 11) is 1.72. The minimum absolute atomic E-state index is 0. The first-order chi connectivity index (χ1) is 13.8. The van der Waals surface area contributed by atoms with Crippen molar-refractivity contribution in [3.8, 4) is 11.8 Å². The third-order valence-electron chi connectivity index (χ3n) is 5.80. The Kier molecular flexibility index (Phi) is 7.46. The Morgan fingerprint density at radius 2 is 1.97 bits per heavy atom. The lowest BCUT2D eigenvalue weighted by Gasteiger charge is -2.35. The number of rotatable bonds is 6. The third-order valence-corrected chi connectivity index (χ3v) is 5.80. The number of carbonyl (C=O) groups is 1. The van der Waals surface area contributed by atoms with Gasteiger partial charge in [-0.15, -0.1) is 12.4 Å². The van der Waals surface area contributed by atoms with Crippen LogP contribution in [-0.4, -0.2) is 24.6 Å². The molecule has 0 heterocycles. The highest BCUT2D eigenvalue weighted by atomic mass is 35.5. The largest absolute Gasteiger partial charge is 0.491 e. The normalized spacial score (nSPS) is 22.9. The second kappa shape index (κ2) is 9.46. The number of nitrogens with zero attached hydrogens (tertiary/aromatic N) is 1. The highest BCUT2D eigenvalue weighted by molar-refractivity contribution is 5.87. The van der Waals surface area contributed by atoms with Crippen molar-refractivity contribution in [2.75, 3.05) is 7.05 Å². The van der Waals surface area contributed by atoms with Crippen LogP contribution in [0.5, 0.6) is 5.75 Å². The van der Waals surface area contributed by atoms with Gasteiger partial charge < -0.3 is 15.8 Å². The van der Waals surface area contributed by atoms with Crippen molar-refractivity contribution in [3.63, 3.8) is 0 Å². The summed E-state index contributed by atoms with van der Waals surface area (Å²) in [4.78, 5) is 12.6. The molecule has 0 unspecified atom stereocenters. The molecule has 0 aromatic heterocycles. The van der Waals surface area contributed by atoms with Gasteiger partial charge in [0.15, 0.2) is 0 Å². The minimum atomic E-state index is -0.972. The van der Waals surface area contributed by atoms with Gasteiger partial charge in [-0.25, -0.2) is 4.39 Å². The van der Waals surface area contributed by atoms with Crippen molar-refractivity contribution in [1.29, 1.82) is 5.26 Å². The van der Waals surface area contributed by atoms with Gasteiger partial charge in [-0.1, -0.05) is 12.1 Å². The highest BCUT2D eigenvalue weighted by Crippen LogP contribution is 2.53. The molecule has 0 bridgehead atoms. The van der Waals surface area contributed by atoms with Gasteiger partial charge in [0.1, 0.15) is 17.1 Å². The van der Waals surface area contributed by atoms with Gasteiger partial charge in [0.2, 0.25) is 5.91 Å². The SMILES string of the molecule is CN[C@@]1(C(N)=O)CC[C@H](c2cc(C#N)ccc2OC(C)C)[C@H]1c1ccc(F)cc1.Cl. The second-order valence-electron chi connectivity index (χ2n) is 7.79. The van der Waals surface area contributed by atoms with Gasteiger partial charge in [0, 0.05) is 5.92 Å². The zero-order chi connectivity index (χ0) is 21.2. The predicted molar refractivity (Wildman–Crippen MR) is 116 cm³/mol. The number of likely N-dealkylation sites (N-methyl/N-ethyl adjacent to an activating group) is 1. The molecule has 0 aliphatic heterocycles. The molecule has 0 spiro atoms. The number of carbonyl (C=O) groups excluding carboxylic acids is 1. The molecule has 160 valence electrons. The number of hydrogen-bond acceptors (Lipinski definition) is 4. The lowest BCUT2D eigenvalue weighted by atomic mass is 9.75. The summed E-state index contributed by atoms with van der Waals surface area (Å²) in [5.41, 5.74) is 7.09. The molecule has 3 atom stereocenters. The van der Waals surface area contributed by atoms with Crippen LogP contribution in [0.2, 0.25) is 0 Å². The van der Waals surface area contributed by atoms with Gasteiger partial charge in [-0.3, -0.25) is 4.79 Å². The van der Waals surface area contributed by atoms with E-state index in [0.717, 1.165) is 11.1 Å². The molecule has 1 aliphatic carbocycles. The lowest BCUT2D eigenvalue weighted by Crippen LogP contribution is -2.56. The molecule has 5 nitrogen and oxygen atoms in total. The van der Waals surface area contributed by atoms with E-state index in [0.29, 0.717) is 24.2 Å². The lowest BCUT2D eigenvalue weighted by molar-refractivity contribution is -0.124. The Morgan fingerprint density at radius 3 is 2.50 bits per heavy atom. The maximum Gasteiger partial charge on any atom is 0.238 e. The van der Waals surface area contributed by atoms with Gasteiger partial charge in [0.25, 0.3) is 0 Å². The number of nitrogens with two attached hydrogens (primary N) is 1. The molecule has 1 aliphatic rings. The average Bonchev–Trinajstić information content (AvgIpc) is 3.09. The summed E-state index contributed by atoms with van der Waals surface area (Å²) in [6, 6.07) is 13.7. The van der Waals surface area contributed by atoms with Crippen LogP contribution in [0.25, 0.3) is 0 Å². The number of ether oxygens (including phenoxy) is 1. The fourth-order valence-corrected chi connectivity index (χ4v) is 4.52. The number of nitriles is 1. The molecule has 0 radical (unpaired) electrons. The fourth-order valence-electron chi connectivity index (χ4n) is 4.52. The van der Waals surface area contributed by atoms with Crippen LogP contribution < -0.4 is 15.8 Å². The molecular formula is C23H27ClFN3O2. The molecule has 1 fully saturated rings. The molecule has 3 rings (SSSR count). The summed E-state index contributed by atoms with van der Waals surface area (Å²) >= 11 is 0. The molecule has 2 aromatic carbocycles. The molecule has 1 amide bonds. The third kappa shape index (κ3) is 4.28. The van der Waals surface area contributed by atoms with Crippen LogP contribution in [0, 0.1) is 17.1 Å². The minimum Gasteiger partial charge on any atom is -0.491 e. The average molecular weight is 432 g/mol. The molecular weight excluding hydrogens is 405 g/mol. The molecule has 30 heavy (non-hydrogen) atoms. The van der Waals surface area contributed by atoms with Gasteiger partial charge in [-0.2, -0.15) is 5.26 Å². The number of halogens is 2. The Labute approximate surface area is 182 Å². The number of hydrogen-bond donors (Lipinski definition) is 2. The first-order valence-electron chi connectivity index (χ1n) is 9.77. The zero-order valence-electron chi connectivity index (χ0n) is 17.3. The summed E-state index contributed by atoms with van der Waals surface area (Å²) in [6.07, 6.45) is 1.16. The van der Waals surface area contributed by atoms with E-state index in [9.17, 15) is 14.4 Å². The zero-order valence-corrected chi connectivity index (χ0v) is 18.1. The quantitative estimate of drug-likeness (QED) is 0.723. The van der Waals surface area contributed by atoms with E-state index in [1.165, 1.54) is 12.1 Å². The summed E-state index contributed by atoms with van der Waals surface area (Å²) in [5, 5.41) is 12.6. The first-order valence-corrected chi connectivity index (χ1v) is 9.77. The van der Waals surface area contributed by atoms with E-state index in [1.807, 2.05) is 19.9 Å². The van der Waals surface area contributed by atoms with Gasteiger partial charge in [-0.05, 0) is 81.1 Å². The van der Waals surface area contributed by atoms with E-state index in [1.54, 1.807) is 31.3 Å². The second-order valence-corrected chi connectivity index (χ2v) is 7.79. The Bertz CT molecular complexity index is 942. The van der Waals surface area contributed by atoms with Crippen LogP contribution in [0.3, 0.4) is 0 Å². The van der Waals surface area contributed by atoms with Crippen molar-refractivity contribution in [3.05, 3.63) is 65.0 Å². The first kappa shape index (κ1) is 23.7. The summed E-state index contributed by atoms with van der Waals surface area (Å²) in [5.74, 6) is -0.545. The maximum atomic E-state index is 13.6. The van der Waals surface area contributed by atoms with E-state index in [-0.39, 0.29) is 36.2 Å². The van der Waals surface area contributed by atoms with E-state index in [2.05, 4.69) is 11.4 Å². The van der Waals surface area contributed by atoms with Crippen LogP contribution >= 0.6 is 12.4 Å². The number of nitrogens with one attached hydrogen (secondary N) is 1. The Balaban J connectivity index is 0.00000320. The number of benzene rings is 2. The smallest absolute Gasteiger partial charge is 0.238 e. The van der Waals surface area contributed by atoms with E-state index >= 15 is 0 Å². The maximum absolute atomic E-state index is 13.6. The van der Waals surface area contributed by atoms with Crippen molar-refractivity contribution < 1.29 is 13.9 Å². The van der Waals surface area contributed by atoms with Crippen LogP contribution in [0.1, 0.15) is 55.2 Å². The topological polar surface area (TPSA) is 88.1 Å². The highest BCUT2D eigenvalue weighted by Gasteiger charge is 2.53. The van der Waals surface area contributed by atoms with Crippen molar-refractivity contribution in [2.45, 2.75) is 50.2 Å². The van der Waals surface area contributed by atoms with E-state index in [4.69, 9.17) is 10.5 Å². The van der Waals surface area contributed by atoms with E-state index < -0.39 is 11.4 Å². The number of primary amides is 1. The molecule has 1 saturated carbocycles. The van der Waals surface area contributed by atoms with Crippen molar-refractivity contribution in [2.24, 2.45) is 5.73 Å². The van der Waals surface area contributed by atoms with Crippen molar-refractivity contribution >= 4 is 18.3 Å². The standard InChI is InChI=1S/C23H26FN3O2.ClH/c1-14(2)29-20-9-4-15(13-25)12-19(20)18-10-11-23(27-3,22(26)28)21(18)16-5-7-17(24)8-6-16;/h4-9,12,14,18,21,27H,10-11H2,1-3H3,(H2,26,28);1H/t18-,21-,23+;/m1./s1. The summed E-state index contributed by atoms with van der Waals surface area (Å²) < 4.78 is 19.6. The van der Waals surface area contributed by atoms with Crippen LogP contribution in [0.15, 0.2) is 42.5 Å². The molecule has 0 saturated heterocycles. The number of amides is 1. The van der Waals surface area contributed by atoms with Gasteiger partial charge >= 0.3 is 0 Å². The van der Waals surface area contributed by atoms with Crippen molar-refractivity contribution in [1.82, 2.24) is 5.32 Å². The monoisotopic (exact) mass is 431 g/mol. The van der Waals surface area contributed by atoms with Gasteiger partial charge in [0.05, 0.1) is 17.7 Å². The molecule has 3 N–H and O–H groups in total. The summed E-state index contributed by atoms with van der Waals surface area (Å²) in [6.45, 7) is 3.88. The Hall–Kier alpha value is -2.62. The van der Waals surface area contributed by atoms with Crippen LogP contribution in [0.4, 0.5) is 4.39 Å². The molecule has 7 heteroatoms. The Morgan fingerprint density at radius 1 is 1.30 bits per heavy atom.